The number of carbonyl (C=O) groups is 1. The second-order valence-electron chi connectivity index (χ2n) is 4.68. The topological polar surface area (TPSA) is 72.7 Å². The van der Waals surface area contributed by atoms with E-state index in [1.807, 2.05) is 6.92 Å². The van der Waals surface area contributed by atoms with Crippen LogP contribution in [-0.4, -0.2) is 25.4 Å². The number of imidazole rings is 1. The highest BCUT2D eigenvalue weighted by atomic mass is 79.9. The molecule has 1 N–H and O–H groups in total. The van der Waals surface area contributed by atoms with E-state index in [-0.39, 0.29) is 5.91 Å². The van der Waals surface area contributed by atoms with Crippen LogP contribution in [0.5, 0.6) is 0 Å². The predicted molar refractivity (Wildman–Crippen MR) is 91.0 cm³/mol. The summed E-state index contributed by atoms with van der Waals surface area (Å²) >= 11 is 9.39. The second kappa shape index (κ2) is 6.47. The minimum Gasteiger partial charge on any atom is -0.306 e. The highest BCUT2D eigenvalue weighted by molar-refractivity contribution is 9.10. The van der Waals surface area contributed by atoms with Crippen LogP contribution in [0.4, 0.5) is 5.82 Å². The van der Waals surface area contributed by atoms with E-state index < -0.39 is 0 Å². The van der Waals surface area contributed by atoms with Crippen LogP contribution in [0.15, 0.2) is 47.5 Å². The predicted octanol–water partition coefficient (Wildman–Crippen LogP) is 3.64. The first kappa shape index (κ1) is 15.6. The molecule has 3 rings (SSSR count). The molecule has 0 saturated carbocycles. The van der Waals surface area contributed by atoms with Crippen molar-refractivity contribution in [1.29, 1.82) is 0 Å². The zero-order chi connectivity index (χ0) is 16.4. The summed E-state index contributed by atoms with van der Waals surface area (Å²) < 4.78 is 2.56. The molecule has 2 aromatic heterocycles. The van der Waals surface area contributed by atoms with Crippen molar-refractivity contribution in [2.24, 2.45) is 0 Å². The largest absolute Gasteiger partial charge is 0.306 e. The van der Waals surface area contributed by atoms with Crippen molar-refractivity contribution in [2.45, 2.75) is 6.92 Å². The van der Waals surface area contributed by atoms with Crippen molar-refractivity contribution in [3.8, 4) is 5.82 Å². The number of carbonyl (C=O) groups excluding carboxylic acids is 1. The quantitative estimate of drug-likeness (QED) is 0.738. The van der Waals surface area contributed by atoms with Gasteiger partial charge in [0, 0.05) is 22.9 Å². The van der Waals surface area contributed by atoms with Crippen molar-refractivity contribution in [1.82, 2.24) is 19.5 Å². The van der Waals surface area contributed by atoms with E-state index in [4.69, 9.17) is 11.6 Å². The smallest absolute Gasteiger partial charge is 0.258 e. The Bertz CT molecular complexity index is 880. The molecule has 0 unspecified atom stereocenters. The third-order valence-electron chi connectivity index (χ3n) is 3.14. The molecule has 2 heterocycles. The summed E-state index contributed by atoms with van der Waals surface area (Å²) in [6.07, 6.45) is 4.85. The van der Waals surface area contributed by atoms with E-state index in [0.717, 1.165) is 10.3 Å². The van der Waals surface area contributed by atoms with Crippen LogP contribution in [-0.2, 0) is 0 Å². The molecular formula is C15H11BrClN5O. The molecule has 0 spiro atoms. The van der Waals surface area contributed by atoms with Crippen molar-refractivity contribution in [3.05, 3.63) is 63.9 Å². The van der Waals surface area contributed by atoms with Crippen LogP contribution in [0.1, 0.15) is 16.2 Å². The summed E-state index contributed by atoms with van der Waals surface area (Å²) in [5, 5.41) is 3.09. The zero-order valence-electron chi connectivity index (χ0n) is 12.0. The number of nitrogens with zero attached hydrogens (tertiary/aromatic N) is 4. The number of amides is 1. The Balaban J connectivity index is 1.87. The molecule has 0 bridgehead atoms. The van der Waals surface area contributed by atoms with Gasteiger partial charge < -0.3 is 5.32 Å². The lowest BCUT2D eigenvalue weighted by Crippen LogP contribution is -2.14. The summed E-state index contributed by atoms with van der Waals surface area (Å²) in [4.78, 5) is 24.7. The summed E-state index contributed by atoms with van der Waals surface area (Å²) in [6, 6.07) is 6.74. The zero-order valence-corrected chi connectivity index (χ0v) is 14.3. The Labute approximate surface area is 145 Å². The van der Waals surface area contributed by atoms with E-state index in [2.05, 4.69) is 36.2 Å². The fourth-order valence-corrected chi connectivity index (χ4v) is 2.59. The van der Waals surface area contributed by atoms with Gasteiger partial charge in [0.2, 0.25) is 0 Å². The number of nitrogens with one attached hydrogen (secondary N) is 1. The normalized spacial score (nSPS) is 10.6. The first-order valence-electron chi connectivity index (χ1n) is 6.63. The van der Waals surface area contributed by atoms with Crippen LogP contribution in [0, 0.1) is 6.92 Å². The molecule has 0 aliphatic rings. The van der Waals surface area contributed by atoms with Gasteiger partial charge in [-0.25, -0.2) is 15.0 Å². The number of anilines is 1. The molecular weight excluding hydrogens is 382 g/mol. The number of benzene rings is 1. The van der Waals surface area contributed by atoms with Crippen molar-refractivity contribution >= 4 is 39.3 Å². The van der Waals surface area contributed by atoms with Gasteiger partial charge >= 0.3 is 0 Å². The van der Waals surface area contributed by atoms with Crippen LogP contribution >= 0.6 is 27.5 Å². The van der Waals surface area contributed by atoms with Crippen LogP contribution < -0.4 is 5.32 Å². The van der Waals surface area contributed by atoms with Crippen LogP contribution in [0.3, 0.4) is 0 Å². The van der Waals surface area contributed by atoms with Gasteiger partial charge in [0.25, 0.3) is 5.91 Å². The van der Waals surface area contributed by atoms with Crippen molar-refractivity contribution in [2.75, 3.05) is 5.32 Å². The lowest BCUT2D eigenvalue weighted by molar-refractivity contribution is 0.102. The van der Waals surface area contributed by atoms with E-state index in [9.17, 15) is 4.79 Å². The molecule has 0 fully saturated rings. The van der Waals surface area contributed by atoms with Gasteiger partial charge in [-0.05, 0) is 25.1 Å². The van der Waals surface area contributed by atoms with Crippen LogP contribution in [0.25, 0.3) is 5.82 Å². The lowest BCUT2D eigenvalue weighted by Gasteiger charge is -2.08. The van der Waals surface area contributed by atoms with Crippen LogP contribution in [0.2, 0.25) is 5.02 Å². The van der Waals surface area contributed by atoms with E-state index >= 15 is 0 Å². The number of aryl methyl sites for hydroxylation is 1. The number of rotatable bonds is 3. The number of aromatic nitrogens is 4. The van der Waals surface area contributed by atoms with Gasteiger partial charge in [0.1, 0.15) is 23.8 Å². The number of hydrogen-bond donors (Lipinski definition) is 1. The maximum absolute atomic E-state index is 12.4. The van der Waals surface area contributed by atoms with E-state index in [1.165, 1.54) is 6.33 Å². The molecule has 0 radical (unpaired) electrons. The monoisotopic (exact) mass is 391 g/mol. The van der Waals surface area contributed by atoms with E-state index in [0.29, 0.717) is 22.2 Å². The fraction of sp³-hybridized carbons (Fsp3) is 0.0667. The average molecular weight is 393 g/mol. The maximum Gasteiger partial charge on any atom is 0.258 e. The van der Waals surface area contributed by atoms with Gasteiger partial charge in [0.05, 0.1) is 10.6 Å². The molecule has 1 aromatic carbocycles. The molecule has 116 valence electrons. The van der Waals surface area contributed by atoms with E-state index in [1.54, 1.807) is 41.2 Å². The molecule has 0 aliphatic heterocycles. The molecule has 23 heavy (non-hydrogen) atoms. The molecule has 6 nitrogen and oxygen atoms in total. The van der Waals surface area contributed by atoms with Gasteiger partial charge in [-0.3, -0.25) is 9.36 Å². The SMILES string of the molecule is Cc1nccn1-c1cc(NC(=O)c2cc(Br)ccc2Cl)ncn1. The molecule has 8 heteroatoms. The third kappa shape index (κ3) is 3.40. The summed E-state index contributed by atoms with van der Waals surface area (Å²) in [7, 11) is 0. The highest BCUT2D eigenvalue weighted by Crippen LogP contribution is 2.22. The Morgan fingerprint density at radius 2 is 2.09 bits per heavy atom. The maximum atomic E-state index is 12.4. The molecule has 0 saturated heterocycles. The molecule has 1 amide bonds. The van der Waals surface area contributed by atoms with Crippen molar-refractivity contribution < 1.29 is 4.79 Å². The third-order valence-corrected chi connectivity index (χ3v) is 3.96. The summed E-state index contributed by atoms with van der Waals surface area (Å²) in [5.74, 6) is 1.44. The lowest BCUT2D eigenvalue weighted by atomic mass is 10.2. The van der Waals surface area contributed by atoms with Gasteiger partial charge in [-0.2, -0.15) is 0 Å². The minimum absolute atomic E-state index is 0.344. The van der Waals surface area contributed by atoms with Gasteiger partial charge in [-0.15, -0.1) is 0 Å². The standard InChI is InChI=1S/C15H11BrClN5O/c1-9-18-4-5-22(9)14-7-13(19-8-20-14)21-15(23)11-6-10(16)2-3-12(11)17/h2-8H,1H3,(H,19,20,21,23). The molecule has 0 aliphatic carbocycles. The Kier molecular flexibility index (Phi) is 4.40. The summed E-state index contributed by atoms with van der Waals surface area (Å²) in [6.45, 7) is 1.86. The summed E-state index contributed by atoms with van der Waals surface area (Å²) in [5.41, 5.74) is 0.361. The van der Waals surface area contributed by atoms with Gasteiger partial charge in [-0.1, -0.05) is 27.5 Å². The molecule has 3 aromatic rings. The van der Waals surface area contributed by atoms with Gasteiger partial charge in [0.15, 0.2) is 0 Å². The number of hydrogen-bond acceptors (Lipinski definition) is 4. The number of halogens is 2. The van der Waals surface area contributed by atoms with Crippen molar-refractivity contribution in [3.63, 3.8) is 0 Å². The molecule has 0 atom stereocenters. The Hall–Kier alpha value is -2.25. The average Bonchev–Trinajstić information content (AvgIpc) is 2.96. The first-order valence-corrected chi connectivity index (χ1v) is 7.80. The minimum atomic E-state index is -0.344. The second-order valence-corrected chi connectivity index (χ2v) is 6.01. The highest BCUT2D eigenvalue weighted by Gasteiger charge is 2.13. The Morgan fingerprint density at radius 1 is 1.26 bits per heavy atom. The fourth-order valence-electron chi connectivity index (χ4n) is 2.02. The Morgan fingerprint density at radius 3 is 2.83 bits per heavy atom. The first-order chi connectivity index (χ1) is 11.0.